The van der Waals surface area contributed by atoms with Gasteiger partial charge in [-0.3, -0.25) is 24.0 Å². The largest absolute Gasteiger partial charge is 0.405 e. The van der Waals surface area contributed by atoms with Gasteiger partial charge in [-0.2, -0.15) is 0 Å². The van der Waals surface area contributed by atoms with E-state index in [1.165, 1.54) is 12.1 Å². The Morgan fingerprint density at radius 2 is 1.62 bits per heavy atom. The van der Waals surface area contributed by atoms with Crippen LogP contribution < -0.4 is 0 Å². The van der Waals surface area contributed by atoms with Crippen LogP contribution in [0.1, 0.15) is 19.4 Å². The van der Waals surface area contributed by atoms with Gasteiger partial charge in [-0.15, -0.1) is 0 Å². The summed E-state index contributed by atoms with van der Waals surface area (Å²) in [6.07, 6.45) is 0. The van der Waals surface area contributed by atoms with E-state index in [1.807, 2.05) is 0 Å². The van der Waals surface area contributed by atoms with Crippen molar-refractivity contribution < 1.29 is 31.8 Å². The smallest absolute Gasteiger partial charge is 0.300 e. The molecule has 0 aliphatic carbocycles. The Morgan fingerprint density at radius 1 is 1.03 bits per heavy atom. The highest BCUT2D eigenvalue weighted by Gasteiger charge is 2.32. The number of nitro benzene ring substituents is 1. The van der Waals surface area contributed by atoms with E-state index in [0.29, 0.717) is 10.0 Å². The molecular weight excluding hydrogens is 459 g/mol. The Kier molecular flexibility index (Phi) is 9.53. The molecular formula is C20H23N2O8PS. The summed E-state index contributed by atoms with van der Waals surface area (Å²) in [5.74, 6) is 2.45. The molecule has 0 radical (unpaired) electrons. The van der Waals surface area contributed by atoms with Crippen molar-refractivity contribution in [2.45, 2.75) is 25.3 Å². The topological polar surface area (TPSA) is 125 Å². The standard InChI is InChI=1S/C20H23N2O8PS/c1-3-29-31(25,30-4-2)16-10-15-21(28-17-18-11-6-5-7-12-18)32(26,27)20-14-9-8-13-19(20)22(23)24/h5-9,11-14H,3-4,15,17H2,1-2H3. The zero-order valence-corrected chi connectivity index (χ0v) is 19.3. The summed E-state index contributed by atoms with van der Waals surface area (Å²) in [7, 11) is -8.24. The first-order chi connectivity index (χ1) is 15.2. The molecule has 0 saturated carbocycles. The second-order valence-electron chi connectivity index (χ2n) is 6.07. The summed E-state index contributed by atoms with van der Waals surface area (Å²) >= 11 is 0. The highest BCUT2D eigenvalue weighted by molar-refractivity contribution is 7.89. The van der Waals surface area contributed by atoms with Crippen LogP contribution in [0.5, 0.6) is 0 Å². The van der Waals surface area contributed by atoms with Crippen molar-refractivity contribution in [2.24, 2.45) is 0 Å². The van der Waals surface area contributed by atoms with Gasteiger partial charge >= 0.3 is 7.60 Å². The lowest BCUT2D eigenvalue weighted by atomic mass is 10.2. The first-order valence-electron chi connectivity index (χ1n) is 9.55. The molecule has 0 bridgehead atoms. The van der Waals surface area contributed by atoms with Crippen LogP contribution in [-0.4, -0.2) is 37.6 Å². The molecule has 0 heterocycles. The molecule has 0 aliphatic rings. The van der Waals surface area contributed by atoms with E-state index in [9.17, 15) is 23.1 Å². The van der Waals surface area contributed by atoms with E-state index < -0.39 is 39.7 Å². The molecule has 0 saturated heterocycles. The maximum absolute atomic E-state index is 13.2. The quantitative estimate of drug-likeness (QED) is 0.204. The molecule has 0 N–H and O–H groups in total. The van der Waals surface area contributed by atoms with Gasteiger partial charge in [0.15, 0.2) is 4.90 Å². The van der Waals surface area contributed by atoms with Gasteiger partial charge in [-0.1, -0.05) is 52.9 Å². The predicted octanol–water partition coefficient (Wildman–Crippen LogP) is 3.94. The zero-order chi connectivity index (χ0) is 23.6. The monoisotopic (exact) mass is 482 g/mol. The Hall–Kier alpha value is -2.58. The molecule has 0 aromatic heterocycles. The summed E-state index contributed by atoms with van der Waals surface area (Å²) < 4.78 is 49.5. The third kappa shape index (κ3) is 6.97. The molecule has 12 heteroatoms. The average Bonchev–Trinajstić information content (AvgIpc) is 2.77. The summed E-state index contributed by atoms with van der Waals surface area (Å²) in [5.41, 5.74) is 2.38. The third-order valence-corrected chi connectivity index (χ3v) is 7.15. The fourth-order valence-electron chi connectivity index (χ4n) is 2.50. The number of sulfonamides is 1. The molecule has 0 unspecified atom stereocenters. The van der Waals surface area contributed by atoms with E-state index in [4.69, 9.17) is 13.9 Å². The van der Waals surface area contributed by atoms with Gasteiger partial charge in [0, 0.05) is 11.7 Å². The van der Waals surface area contributed by atoms with Crippen LogP contribution in [-0.2, 0) is 35.1 Å². The summed E-state index contributed by atoms with van der Waals surface area (Å²) in [6, 6.07) is 13.6. The normalized spacial score (nSPS) is 11.7. The number of hydrogen-bond acceptors (Lipinski definition) is 8. The molecule has 0 fully saturated rings. The molecule has 0 aliphatic heterocycles. The molecule has 32 heavy (non-hydrogen) atoms. The van der Waals surface area contributed by atoms with E-state index in [2.05, 4.69) is 11.6 Å². The van der Waals surface area contributed by atoms with Gasteiger partial charge in [0.1, 0.15) is 6.54 Å². The number of hydroxylamine groups is 1. The van der Waals surface area contributed by atoms with Crippen LogP contribution in [0.3, 0.4) is 0 Å². The SMILES string of the molecule is CCOP(=O)(C#CCN(OCc1ccccc1)S(=O)(=O)c1ccccc1[N+](=O)[O-])OCC. The lowest BCUT2D eigenvalue weighted by Gasteiger charge is -2.19. The Morgan fingerprint density at radius 3 is 2.22 bits per heavy atom. The molecule has 2 rings (SSSR count). The highest BCUT2D eigenvalue weighted by atomic mass is 32.2. The van der Waals surface area contributed by atoms with Crippen molar-refractivity contribution in [3.05, 3.63) is 70.3 Å². The molecule has 2 aromatic carbocycles. The van der Waals surface area contributed by atoms with Gasteiger partial charge in [-0.25, -0.2) is 13.0 Å². The summed E-state index contributed by atoms with van der Waals surface area (Å²) in [6.45, 7) is 2.68. The second kappa shape index (κ2) is 11.9. The molecule has 0 amide bonds. The maximum atomic E-state index is 13.2. The number of rotatable bonds is 11. The zero-order valence-electron chi connectivity index (χ0n) is 17.5. The van der Waals surface area contributed by atoms with Crippen LogP contribution >= 0.6 is 7.60 Å². The van der Waals surface area contributed by atoms with Crippen molar-refractivity contribution in [3.8, 4) is 11.6 Å². The number of benzene rings is 2. The van der Waals surface area contributed by atoms with E-state index in [0.717, 1.165) is 12.1 Å². The van der Waals surface area contributed by atoms with Gasteiger partial charge in [-0.05, 0) is 25.5 Å². The van der Waals surface area contributed by atoms with Crippen LogP contribution in [0.25, 0.3) is 0 Å². The Labute approximate surface area is 186 Å². The predicted molar refractivity (Wildman–Crippen MR) is 117 cm³/mol. The third-order valence-electron chi connectivity index (χ3n) is 3.85. The van der Waals surface area contributed by atoms with E-state index >= 15 is 0 Å². The highest BCUT2D eigenvalue weighted by Crippen LogP contribution is 2.46. The second-order valence-corrected chi connectivity index (χ2v) is 9.60. The average molecular weight is 482 g/mol. The Bertz CT molecular complexity index is 1120. The number of hydrogen-bond donors (Lipinski definition) is 0. The number of nitro groups is 1. The maximum Gasteiger partial charge on any atom is 0.405 e. The number of para-hydroxylation sites is 1. The lowest BCUT2D eigenvalue weighted by molar-refractivity contribution is -0.387. The van der Waals surface area contributed by atoms with Gasteiger partial charge < -0.3 is 0 Å². The van der Waals surface area contributed by atoms with Gasteiger partial charge in [0.05, 0.1) is 24.7 Å². The molecule has 10 nitrogen and oxygen atoms in total. The minimum absolute atomic E-state index is 0.0781. The first kappa shape index (κ1) is 25.7. The fraction of sp³-hybridized carbons (Fsp3) is 0.300. The first-order valence-corrected chi connectivity index (χ1v) is 12.5. The molecule has 0 spiro atoms. The van der Waals surface area contributed by atoms with Crippen LogP contribution in [0, 0.1) is 21.7 Å². The van der Waals surface area contributed by atoms with Crippen molar-refractivity contribution >= 4 is 23.3 Å². The lowest BCUT2D eigenvalue weighted by Crippen LogP contribution is -2.32. The fourth-order valence-corrected chi connectivity index (χ4v) is 4.95. The summed E-state index contributed by atoms with van der Waals surface area (Å²) in [5, 5.41) is 11.3. The van der Waals surface area contributed by atoms with Crippen molar-refractivity contribution in [1.29, 1.82) is 0 Å². The van der Waals surface area contributed by atoms with Crippen LogP contribution in [0.15, 0.2) is 59.5 Å². The van der Waals surface area contributed by atoms with Crippen LogP contribution in [0.4, 0.5) is 5.69 Å². The molecule has 2 aromatic rings. The van der Waals surface area contributed by atoms with Crippen LogP contribution in [0.2, 0.25) is 0 Å². The Balaban J connectivity index is 2.40. The van der Waals surface area contributed by atoms with Gasteiger partial charge in [0.2, 0.25) is 0 Å². The van der Waals surface area contributed by atoms with E-state index in [-0.39, 0.29) is 19.8 Å². The minimum Gasteiger partial charge on any atom is -0.300 e. The minimum atomic E-state index is -4.49. The van der Waals surface area contributed by atoms with Crippen molar-refractivity contribution in [2.75, 3.05) is 19.8 Å². The van der Waals surface area contributed by atoms with Crippen molar-refractivity contribution in [1.82, 2.24) is 4.47 Å². The van der Waals surface area contributed by atoms with Crippen molar-refractivity contribution in [3.63, 3.8) is 0 Å². The summed E-state index contributed by atoms with van der Waals surface area (Å²) in [4.78, 5) is 15.5. The number of nitrogens with zero attached hydrogens (tertiary/aromatic N) is 2. The van der Waals surface area contributed by atoms with Gasteiger partial charge in [0.25, 0.3) is 15.7 Å². The molecule has 172 valence electrons. The van der Waals surface area contributed by atoms with E-state index in [1.54, 1.807) is 44.2 Å². The molecule has 0 atom stereocenters.